The summed E-state index contributed by atoms with van der Waals surface area (Å²) in [5.74, 6) is -0.657. The molecule has 0 aliphatic heterocycles. The Labute approximate surface area is 90.0 Å². The minimum absolute atomic E-state index is 0.534. The van der Waals surface area contributed by atoms with E-state index >= 15 is 0 Å². The number of aliphatic carboxylic acids is 1. The van der Waals surface area contributed by atoms with E-state index in [0.29, 0.717) is 6.42 Å². The maximum atomic E-state index is 11.3. The van der Waals surface area contributed by atoms with Gasteiger partial charge in [0, 0.05) is 5.54 Å². The van der Waals surface area contributed by atoms with E-state index in [9.17, 15) is 9.90 Å². The molecule has 2 nitrogen and oxygen atoms in total. The van der Waals surface area contributed by atoms with Crippen molar-refractivity contribution in [2.24, 2.45) is 5.41 Å². The van der Waals surface area contributed by atoms with Gasteiger partial charge in [-0.15, -0.1) is 0 Å². The summed E-state index contributed by atoms with van der Waals surface area (Å²) in [6.45, 7) is 1.90. The van der Waals surface area contributed by atoms with Crippen molar-refractivity contribution >= 4 is 17.6 Å². The van der Waals surface area contributed by atoms with Crippen molar-refractivity contribution in [2.45, 2.75) is 45.4 Å². The molecule has 1 N–H and O–H groups in total. The average Bonchev–Trinajstić information content (AvgIpc) is 2.19. The molecule has 0 aromatic carbocycles. The summed E-state index contributed by atoms with van der Waals surface area (Å²) in [6.07, 6.45) is 5.42. The number of allylic oxidation sites excluding steroid dienone is 1. The summed E-state index contributed by atoms with van der Waals surface area (Å²) < 4.78 is 0. The predicted molar refractivity (Wildman–Crippen MR) is 57.4 cm³/mol. The summed E-state index contributed by atoms with van der Waals surface area (Å²) >= 11 is 5.58. The molecule has 0 heterocycles. The molecule has 0 atom stereocenters. The van der Waals surface area contributed by atoms with Crippen molar-refractivity contribution in [3.8, 4) is 0 Å². The first kappa shape index (κ1) is 11.6. The van der Waals surface area contributed by atoms with Crippen molar-refractivity contribution in [3.63, 3.8) is 0 Å². The zero-order valence-electron chi connectivity index (χ0n) is 8.55. The first-order valence-corrected chi connectivity index (χ1v) is 5.54. The van der Waals surface area contributed by atoms with Gasteiger partial charge in [-0.1, -0.05) is 36.4 Å². The van der Waals surface area contributed by atoms with Crippen LogP contribution in [0, 0.1) is 5.41 Å². The van der Waals surface area contributed by atoms with Crippen LogP contribution in [0.4, 0.5) is 0 Å². The lowest BCUT2D eigenvalue weighted by molar-refractivity contribution is -0.151. The fourth-order valence-corrected chi connectivity index (χ4v) is 2.34. The van der Waals surface area contributed by atoms with Crippen LogP contribution in [0.5, 0.6) is 0 Å². The van der Waals surface area contributed by atoms with Gasteiger partial charge in [-0.3, -0.25) is 4.79 Å². The Morgan fingerprint density at radius 3 is 2.43 bits per heavy atom. The second-order valence-corrected chi connectivity index (χ2v) is 4.50. The third-order valence-electron chi connectivity index (χ3n) is 3.07. The summed E-state index contributed by atoms with van der Waals surface area (Å²) in [6, 6.07) is 0. The van der Waals surface area contributed by atoms with E-state index in [-0.39, 0.29) is 0 Å². The minimum Gasteiger partial charge on any atom is -0.481 e. The zero-order valence-corrected chi connectivity index (χ0v) is 9.31. The first-order chi connectivity index (χ1) is 6.60. The number of hydrogen-bond donors (Lipinski definition) is 1. The molecule has 1 saturated carbocycles. The molecule has 0 saturated heterocycles. The van der Waals surface area contributed by atoms with E-state index in [1.165, 1.54) is 12.0 Å². The highest BCUT2D eigenvalue weighted by Crippen LogP contribution is 2.41. The molecule has 0 aromatic heterocycles. The Kier molecular flexibility index (Phi) is 3.99. The van der Waals surface area contributed by atoms with Gasteiger partial charge >= 0.3 is 5.97 Å². The summed E-state index contributed by atoms with van der Waals surface area (Å²) in [4.78, 5) is 11.3. The molecule has 0 amide bonds. The van der Waals surface area contributed by atoms with Gasteiger partial charge in [0.15, 0.2) is 0 Å². The van der Waals surface area contributed by atoms with E-state index in [1.807, 2.05) is 6.92 Å². The van der Waals surface area contributed by atoms with Crippen LogP contribution in [0.3, 0.4) is 0 Å². The number of rotatable bonds is 3. The van der Waals surface area contributed by atoms with Gasteiger partial charge in [0.25, 0.3) is 0 Å². The molecule has 1 rings (SSSR count). The second-order valence-electron chi connectivity index (χ2n) is 4.28. The Morgan fingerprint density at radius 1 is 1.43 bits per heavy atom. The lowest BCUT2D eigenvalue weighted by Gasteiger charge is -2.33. The number of carboxylic acid groups (broad SMARTS) is 1. The van der Waals surface area contributed by atoms with Gasteiger partial charge < -0.3 is 5.11 Å². The quantitative estimate of drug-likeness (QED) is 0.784. The fourth-order valence-electron chi connectivity index (χ4n) is 2.27. The van der Waals surface area contributed by atoms with Crippen molar-refractivity contribution < 1.29 is 9.90 Å². The van der Waals surface area contributed by atoms with E-state index in [4.69, 9.17) is 11.6 Å². The Morgan fingerprint density at radius 2 is 2.00 bits per heavy atom. The van der Waals surface area contributed by atoms with Crippen molar-refractivity contribution in [3.05, 3.63) is 11.1 Å². The Hall–Kier alpha value is -0.500. The second kappa shape index (κ2) is 4.83. The van der Waals surface area contributed by atoms with Crippen LogP contribution >= 0.6 is 11.6 Å². The summed E-state index contributed by atoms with van der Waals surface area (Å²) in [5, 5.41) is 9.26. The van der Waals surface area contributed by atoms with Crippen LogP contribution in [0.25, 0.3) is 0 Å². The van der Waals surface area contributed by atoms with Gasteiger partial charge in [-0.2, -0.15) is 0 Å². The molecule has 1 aliphatic carbocycles. The SMILES string of the molecule is C/C(=C\Cl)CC1(C(=O)O)CCCCC1. The number of carbonyl (C=O) groups is 1. The van der Waals surface area contributed by atoms with Crippen LogP contribution in [-0.2, 0) is 4.79 Å². The zero-order chi connectivity index (χ0) is 10.6. The average molecular weight is 217 g/mol. The summed E-state index contributed by atoms with van der Waals surface area (Å²) in [5.41, 5.74) is 1.93. The van der Waals surface area contributed by atoms with Crippen LogP contribution in [0.1, 0.15) is 45.4 Å². The van der Waals surface area contributed by atoms with Crippen molar-refractivity contribution in [1.82, 2.24) is 0 Å². The maximum absolute atomic E-state index is 11.3. The molecular formula is C11H17ClO2. The molecule has 1 fully saturated rings. The minimum atomic E-state index is -0.657. The fraction of sp³-hybridized carbons (Fsp3) is 0.727. The lowest BCUT2D eigenvalue weighted by atomic mass is 9.70. The number of halogens is 1. The van der Waals surface area contributed by atoms with Crippen molar-refractivity contribution in [1.29, 1.82) is 0 Å². The highest BCUT2D eigenvalue weighted by atomic mass is 35.5. The van der Waals surface area contributed by atoms with E-state index in [0.717, 1.165) is 31.3 Å². The molecule has 0 aromatic rings. The molecule has 80 valence electrons. The molecule has 0 spiro atoms. The van der Waals surface area contributed by atoms with Crippen LogP contribution in [-0.4, -0.2) is 11.1 Å². The monoisotopic (exact) mass is 216 g/mol. The number of carboxylic acids is 1. The topological polar surface area (TPSA) is 37.3 Å². The van der Waals surface area contributed by atoms with Crippen LogP contribution in [0.15, 0.2) is 11.1 Å². The molecule has 0 unspecified atom stereocenters. The molecule has 1 aliphatic rings. The molecule has 0 bridgehead atoms. The molecule has 0 radical (unpaired) electrons. The lowest BCUT2D eigenvalue weighted by Crippen LogP contribution is -2.33. The molecule has 14 heavy (non-hydrogen) atoms. The number of hydrogen-bond acceptors (Lipinski definition) is 1. The van der Waals surface area contributed by atoms with E-state index in [2.05, 4.69) is 0 Å². The third kappa shape index (κ3) is 2.50. The van der Waals surface area contributed by atoms with Gasteiger partial charge in [0.05, 0.1) is 5.41 Å². The van der Waals surface area contributed by atoms with Gasteiger partial charge in [-0.05, 0) is 26.2 Å². The maximum Gasteiger partial charge on any atom is 0.309 e. The smallest absolute Gasteiger partial charge is 0.309 e. The van der Waals surface area contributed by atoms with Gasteiger partial charge in [0.2, 0.25) is 0 Å². The van der Waals surface area contributed by atoms with E-state index < -0.39 is 11.4 Å². The standard InChI is InChI=1S/C11H17ClO2/c1-9(8-12)7-11(10(13)14)5-3-2-4-6-11/h8H,2-7H2,1H3,(H,13,14)/b9-8+. The summed E-state index contributed by atoms with van der Waals surface area (Å²) in [7, 11) is 0. The third-order valence-corrected chi connectivity index (χ3v) is 3.44. The Bertz CT molecular complexity index is 240. The largest absolute Gasteiger partial charge is 0.481 e. The highest BCUT2D eigenvalue weighted by molar-refractivity contribution is 6.25. The van der Waals surface area contributed by atoms with Crippen LogP contribution < -0.4 is 0 Å². The molecular weight excluding hydrogens is 200 g/mol. The first-order valence-electron chi connectivity index (χ1n) is 5.10. The molecule has 3 heteroatoms. The Balaban J connectivity index is 2.75. The normalized spacial score (nSPS) is 22.0. The van der Waals surface area contributed by atoms with E-state index in [1.54, 1.807) is 0 Å². The van der Waals surface area contributed by atoms with Crippen molar-refractivity contribution in [2.75, 3.05) is 0 Å². The van der Waals surface area contributed by atoms with Crippen LogP contribution in [0.2, 0.25) is 0 Å². The van der Waals surface area contributed by atoms with Gasteiger partial charge in [0.1, 0.15) is 0 Å². The predicted octanol–water partition coefficient (Wildman–Crippen LogP) is 3.55. The van der Waals surface area contributed by atoms with Gasteiger partial charge in [-0.25, -0.2) is 0 Å². The highest BCUT2D eigenvalue weighted by Gasteiger charge is 2.39.